The average Bonchev–Trinajstić information content (AvgIpc) is 3.71. The third-order valence-corrected chi connectivity index (χ3v) is 9.53. The van der Waals surface area contributed by atoms with Crippen LogP contribution < -0.4 is 11.3 Å². The van der Waals surface area contributed by atoms with E-state index in [9.17, 15) is 32.3 Å². The van der Waals surface area contributed by atoms with E-state index in [1.807, 2.05) is 0 Å². The van der Waals surface area contributed by atoms with Crippen molar-refractivity contribution < 1.29 is 32.3 Å². The van der Waals surface area contributed by atoms with Gasteiger partial charge in [0, 0.05) is 53.9 Å². The van der Waals surface area contributed by atoms with Crippen molar-refractivity contribution in [3.8, 4) is 0 Å². The lowest BCUT2D eigenvalue weighted by atomic mass is 9.95. The van der Waals surface area contributed by atoms with Gasteiger partial charge in [-0.2, -0.15) is 0 Å². The van der Waals surface area contributed by atoms with E-state index in [1.54, 1.807) is 6.07 Å². The summed E-state index contributed by atoms with van der Waals surface area (Å²) in [5.74, 6) is 3.58. The highest BCUT2D eigenvalue weighted by Gasteiger charge is 2.25. The predicted molar refractivity (Wildman–Crippen MR) is 208 cm³/mol. The summed E-state index contributed by atoms with van der Waals surface area (Å²) in [7, 11) is 0. The smallest absolute Gasteiger partial charge is 0.198 e. The molecule has 0 atom stereocenters. The van der Waals surface area contributed by atoms with Crippen molar-refractivity contribution in [1.29, 1.82) is 0 Å². The third kappa shape index (κ3) is 10.6. The molecular weight excluding hydrogens is 799 g/mol. The molecule has 16 heteroatoms. The fourth-order valence-electron chi connectivity index (χ4n) is 6.05. The van der Waals surface area contributed by atoms with Crippen LogP contribution in [0.1, 0.15) is 83.5 Å². The number of hydrazine groups is 1. The van der Waals surface area contributed by atoms with E-state index in [2.05, 4.69) is 27.0 Å². The molecule has 2 aromatic heterocycles. The molecule has 5 N–H and O–H groups in total. The molecule has 53 heavy (non-hydrogen) atoms. The number of hydrogen-bond acceptors (Lipinski definition) is 6. The number of aromatic nitrogens is 2. The number of halogens is 8. The molecule has 3 aromatic carbocycles. The molecule has 1 fully saturated rings. The van der Waals surface area contributed by atoms with Gasteiger partial charge in [0.1, 0.15) is 17.5 Å². The summed E-state index contributed by atoms with van der Waals surface area (Å²) in [5.41, 5.74) is 7.45. The Kier molecular flexibility index (Phi) is 16.7. The first-order valence-corrected chi connectivity index (χ1v) is 18.2. The number of carbonyl (C=O) groups is 4. The van der Waals surface area contributed by atoms with Crippen LogP contribution in [0.25, 0.3) is 21.8 Å². The number of rotatable bonds is 1. The molecule has 8 nitrogen and oxygen atoms in total. The van der Waals surface area contributed by atoms with Gasteiger partial charge in [-0.1, -0.05) is 34.8 Å². The lowest BCUT2D eigenvalue weighted by molar-refractivity contribution is -0.137. The number of nitrogens with two attached hydrogens (primary N) is 1. The first kappa shape index (κ1) is 43.8. The molecule has 3 aliphatic rings. The molecule has 8 rings (SSSR count). The molecule has 3 aliphatic carbocycles. The van der Waals surface area contributed by atoms with Crippen LogP contribution in [0.15, 0.2) is 42.5 Å². The second-order valence-electron chi connectivity index (χ2n) is 11.9. The van der Waals surface area contributed by atoms with Crippen LogP contribution in [0.5, 0.6) is 0 Å². The molecule has 0 radical (unpaired) electrons. The minimum atomic E-state index is -0.444. The van der Waals surface area contributed by atoms with E-state index in [0.717, 1.165) is 66.1 Å². The van der Waals surface area contributed by atoms with E-state index in [4.69, 9.17) is 40.6 Å². The number of carbonyl (C=O) groups excluding carboxylic acids is 4. The van der Waals surface area contributed by atoms with Gasteiger partial charge in [-0.3, -0.25) is 25.0 Å². The van der Waals surface area contributed by atoms with Crippen molar-refractivity contribution in [3.05, 3.63) is 97.5 Å². The Morgan fingerprint density at radius 1 is 0.604 bits per heavy atom. The van der Waals surface area contributed by atoms with Crippen molar-refractivity contribution in [1.82, 2.24) is 9.97 Å². The normalized spacial score (nSPS) is 14.5. The molecule has 0 amide bonds. The standard InChI is InChI=1S/2C12H9ClFNO.C6H6ClFN2.C6H8O2.CH3Cl.ClH/c13-8-5-10-7(4-9(8)14)6-2-1-3-11(16)12(6)15-10;13-11-7(14)4-5-8-10(11)6-2-1-3-9(16)12(6)15-8;7-5-3-4(10-9)1-2-6(5)8;7-5-3-1-2-4-6(5)8;1-2;/h2*4-5,15H,1-3H2;1-3,10H,9H2;1-4H2;1H3;1H. The Hall–Kier alpha value is -3.58. The van der Waals surface area contributed by atoms with Crippen molar-refractivity contribution >= 4 is 109 Å². The van der Waals surface area contributed by atoms with Crippen LogP contribution in [0.4, 0.5) is 18.9 Å². The Morgan fingerprint density at radius 2 is 1.11 bits per heavy atom. The summed E-state index contributed by atoms with van der Waals surface area (Å²) in [5, 5.41) is 1.72. The van der Waals surface area contributed by atoms with Gasteiger partial charge in [0.2, 0.25) is 0 Å². The van der Waals surface area contributed by atoms with Crippen LogP contribution in [-0.2, 0) is 22.4 Å². The Bertz CT molecular complexity index is 2120. The van der Waals surface area contributed by atoms with Crippen molar-refractivity contribution in [2.45, 2.75) is 64.2 Å². The van der Waals surface area contributed by atoms with Crippen LogP contribution in [0, 0.1) is 17.5 Å². The second kappa shape index (κ2) is 20.2. The van der Waals surface area contributed by atoms with Crippen LogP contribution in [0.2, 0.25) is 15.1 Å². The lowest BCUT2D eigenvalue weighted by Crippen LogP contribution is -2.17. The number of aryl methyl sites for hydroxylation is 2. The molecule has 0 bridgehead atoms. The molecule has 284 valence electrons. The fourth-order valence-corrected chi connectivity index (χ4v) is 6.68. The number of Topliss-reactive ketones (excluding diaryl/α,β-unsaturated/α-hetero) is 4. The van der Waals surface area contributed by atoms with Crippen molar-refractivity contribution in [2.24, 2.45) is 5.84 Å². The molecule has 0 saturated heterocycles. The second-order valence-corrected chi connectivity index (χ2v) is 13.1. The van der Waals surface area contributed by atoms with Gasteiger partial charge < -0.3 is 15.4 Å². The van der Waals surface area contributed by atoms with E-state index < -0.39 is 17.5 Å². The monoisotopic (exact) mass is 832 g/mol. The van der Waals surface area contributed by atoms with Crippen LogP contribution in [-0.4, -0.2) is 39.5 Å². The number of fused-ring (bicyclic) bond motifs is 6. The molecule has 2 heterocycles. The van der Waals surface area contributed by atoms with Gasteiger partial charge in [-0.15, -0.1) is 24.0 Å². The largest absolute Gasteiger partial charge is 0.352 e. The molecule has 0 aliphatic heterocycles. The van der Waals surface area contributed by atoms with E-state index in [1.165, 1.54) is 42.8 Å². The topological polar surface area (TPSA) is 138 Å². The maximum Gasteiger partial charge on any atom is 0.198 e. The van der Waals surface area contributed by atoms with Crippen LogP contribution >= 0.6 is 58.8 Å². The summed E-state index contributed by atoms with van der Waals surface area (Å²) in [4.78, 5) is 50.3. The molecule has 1 saturated carbocycles. The summed E-state index contributed by atoms with van der Waals surface area (Å²) in [6, 6.07) is 10.1. The first-order chi connectivity index (χ1) is 24.9. The van der Waals surface area contributed by atoms with Gasteiger partial charge in [0.15, 0.2) is 23.1 Å². The number of nitrogens with one attached hydrogen (secondary N) is 3. The SMILES string of the molecule is CCl.Cl.NNc1ccc(F)c(Cl)c1.O=C1CCCCC1=O.O=C1CCCc2c1[nH]c1cc(Cl)c(F)cc21.O=C1CCCc2c1[nH]c1ccc(F)c(Cl)c21. The number of hydrogen-bond donors (Lipinski definition) is 4. The number of nitrogen functional groups attached to an aromatic ring is 1. The highest BCUT2D eigenvalue weighted by molar-refractivity contribution is 6.37. The van der Waals surface area contributed by atoms with Crippen molar-refractivity contribution in [3.63, 3.8) is 0 Å². The number of aromatic amines is 2. The fraction of sp³-hybridized carbons (Fsp3) is 0.297. The summed E-state index contributed by atoms with van der Waals surface area (Å²) >= 11 is 21.7. The van der Waals surface area contributed by atoms with E-state index in [0.29, 0.717) is 48.1 Å². The summed E-state index contributed by atoms with van der Waals surface area (Å²) in [6.45, 7) is 0. The van der Waals surface area contributed by atoms with E-state index >= 15 is 0 Å². The Labute approximate surface area is 329 Å². The van der Waals surface area contributed by atoms with Crippen molar-refractivity contribution in [2.75, 3.05) is 11.8 Å². The molecular formula is C37H36Cl5F3N4O4. The predicted octanol–water partition coefficient (Wildman–Crippen LogP) is 10.7. The molecule has 0 unspecified atom stereocenters. The number of ketones is 4. The van der Waals surface area contributed by atoms with E-state index in [-0.39, 0.29) is 50.6 Å². The zero-order chi connectivity index (χ0) is 38.1. The number of benzene rings is 3. The summed E-state index contributed by atoms with van der Waals surface area (Å²) < 4.78 is 39.2. The maximum atomic E-state index is 13.4. The van der Waals surface area contributed by atoms with Gasteiger partial charge in [-0.05, 0) is 92.1 Å². The Morgan fingerprint density at radius 3 is 1.68 bits per heavy atom. The maximum absolute atomic E-state index is 13.4. The quantitative estimate of drug-likeness (QED) is 0.0574. The zero-order valence-corrected chi connectivity index (χ0v) is 32.2. The zero-order valence-electron chi connectivity index (χ0n) is 28.4. The third-order valence-electron chi connectivity index (χ3n) is 8.58. The molecule has 5 aromatic rings. The van der Waals surface area contributed by atoms with Gasteiger partial charge in [0.05, 0.1) is 32.1 Å². The number of anilines is 1. The summed E-state index contributed by atoms with van der Waals surface area (Å²) in [6.07, 6.45) is 8.63. The number of H-pyrrole nitrogens is 2. The average molecular weight is 835 g/mol. The molecule has 0 spiro atoms. The minimum Gasteiger partial charge on any atom is -0.352 e. The highest BCUT2D eigenvalue weighted by Crippen LogP contribution is 2.35. The first-order valence-electron chi connectivity index (χ1n) is 16.3. The van der Waals surface area contributed by atoms with Gasteiger partial charge in [0.25, 0.3) is 0 Å². The van der Waals surface area contributed by atoms with Gasteiger partial charge >= 0.3 is 0 Å². The van der Waals surface area contributed by atoms with Crippen LogP contribution in [0.3, 0.4) is 0 Å². The minimum absolute atomic E-state index is 0. The number of alkyl halides is 1. The Balaban J connectivity index is 0.000000193. The lowest BCUT2D eigenvalue weighted by Gasteiger charge is -2.09. The van der Waals surface area contributed by atoms with Gasteiger partial charge in [-0.25, -0.2) is 13.2 Å². The highest BCUT2D eigenvalue weighted by atomic mass is 35.5.